The van der Waals surface area contributed by atoms with Gasteiger partial charge in [-0.3, -0.25) is 14.5 Å². The number of nitrogens with one attached hydrogen (secondary N) is 2. The third kappa shape index (κ3) is 7.09. The standard InChI is InChI=1S/C29H33N3O5/c1-35-26-12-9-21(19-27(26)36-2)13-14-30-29(34)24-5-3-4-6-25(24)31-28(33)23-10-7-22(8-11-23)20-32-15-17-37-18-16-32/h3-12,19H,13-18,20H2,1-2H3,(H,30,34)(H,31,33). The number of anilines is 1. The van der Waals surface area contributed by atoms with Crippen LogP contribution in [0.25, 0.3) is 0 Å². The van der Waals surface area contributed by atoms with Crippen molar-refractivity contribution in [1.82, 2.24) is 10.2 Å². The summed E-state index contributed by atoms with van der Waals surface area (Å²) in [6.07, 6.45) is 0.622. The number of benzene rings is 3. The second kappa shape index (κ2) is 12.9. The number of rotatable bonds is 10. The van der Waals surface area contributed by atoms with Crippen molar-refractivity contribution in [3.63, 3.8) is 0 Å². The Morgan fingerprint density at radius 1 is 0.865 bits per heavy atom. The fraction of sp³-hybridized carbons (Fsp3) is 0.310. The third-order valence-corrected chi connectivity index (χ3v) is 6.29. The second-order valence-electron chi connectivity index (χ2n) is 8.78. The Balaban J connectivity index is 1.33. The van der Waals surface area contributed by atoms with Gasteiger partial charge in [-0.15, -0.1) is 0 Å². The lowest BCUT2D eigenvalue weighted by atomic mass is 10.1. The van der Waals surface area contributed by atoms with E-state index in [1.54, 1.807) is 38.5 Å². The second-order valence-corrected chi connectivity index (χ2v) is 8.78. The van der Waals surface area contributed by atoms with Gasteiger partial charge in [-0.2, -0.15) is 0 Å². The first-order chi connectivity index (χ1) is 18.1. The van der Waals surface area contributed by atoms with Crippen LogP contribution in [0.4, 0.5) is 5.69 Å². The first kappa shape index (κ1) is 26.2. The molecule has 8 nitrogen and oxygen atoms in total. The molecule has 0 bridgehead atoms. The van der Waals surface area contributed by atoms with Gasteiger partial charge >= 0.3 is 0 Å². The Labute approximate surface area is 217 Å². The number of carbonyl (C=O) groups is 2. The summed E-state index contributed by atoms with van der Waals surface area (Å²) in [7, 11) is 3.18. The molecule has 194 valence electrons. The molecule has 0 aromatic heterocycles. The van der Waals surface area contributed by atoms with Crippen LogP contribution in [0.5, 0.6) is 11.5 Å². The number of ether oxygens (including phenoxy) is 3. The molecule has 0 spiro atoms. The van der Waals surface area contributed by atoms with Crippen LogP contribution < -0.4 is 20.1 Å². The molecule has 1 saturated heterocycles. The summed E-state index contributed by atoms with van der Waals surface area (Å²) < 4.78 is 16.0. The predicted molar refractivity (Wildman–Crippen MR) is 143 cm³/mol. The lowest BCUT2D eigenvalue weighted by Gasteiger charge is -2.26. The zero-order valence-corrected chi connectivity index (χ0v) is 21.3. The van der Waals surface area contributed by atoms with E-state index in [1.165, 1.54) is 0 Å². The van der Waals surface area contributed by atoms with Crippen LogP contribution in [0, 0.1) is 0 Å². The van der Waals surface area contributed by atoms with Crippen molar-refractivity contribution in [2.45, 2.75) is 13.0 Å². The number of methoxy groups -OCH3 is 2. The number of carbonyl (C=O) groups excluding carboxylic acids is 2. The third-order valence-electron chi connectivity index (χ3n) is 6.29. The van der Waals surface area contributed by atoms with E-state index >= 15 is 0 Å². The Morgan fingerprint density at radius 3 is 2.30 bits per heavy atom. The lowest BCUT2D eigenvalue weighted by Crippen LogP contribution is -2.35. The SMILES string of the molecule is COc1ccc(CCNC(=O)c2ccccc2NC(=O)c2ccc(CN3CCOCC3)cc2)cc1OC. The first-order valence-corrected chi connectivity index (χ1v) is 12.4. The number of nitrogens with zero attached hydrogens (tertiary/aromatic N) is 1. The number of amides is 2. The van der Waals surface area contributed by atoms with Crippen LogP contribution in [-0.2, 0) is 17.7 Å². The molecular weight excluding hydrogens is 470 g/mol. The minimum absolute atomic E-state index is 0.253. The van der Waals surface area contributed by atoms with Crippen LogP contribution >= 0.6 is 0 Å². The minimum atomic E-state index is -0.261. The molecule has 2 N–H and O–H groups in total. The number of hydrogen-bond acceptors (Lipinski definition) is 6. The van der Waals surface area contributed by atoms with Crippen LogP contribution in [0.1, 0.15) is 31.8 Å². The quantitative estimate of drug-likeness (QED) is 0.438. The van der Waals surface area contributed by atoms with Gasteiger partial charge in [0.15, 0.2) is 11.5 Å². The van der Waals surface area contributed by atoms with Crippen LogP contribution in [0.15, 0.2) is 66.7 Å². The van der Waals surface area contributed by atoms with E-state index in [-0.39, 0.29) is 11.8 Å². The summed E-state index contributed by atoms with van der Waals surface area (Å²) in [4.78, 5) is 28.2. The molecule has 1 aliphatic heterocycles. The Bertz CT molecular complexity index is 1210. The zero-order chi connectivity index (χ0) is 26.0. The predicted octanol–water partition coefficient (Wildman–Crippen LogP) is 3.76. The number of para-hydroxylation sites is 1. The molecule has 0 saturated carbocycles. The number of morpholine rings is 1. The van der Waals surface area contributed by atoms with E-state index in [4.69, 9.17) is 14.2 Å². The molecule has 37 heavy (non-hydrogen) atoms. The van der Waals surface area contributed by atoms with Crippen LogP contribution in [0.3, 0.4) is 0 Å². The summed E-state index contributed by atoms with van der Waals surface area (Å²) in [5.74, 6) is 0.793. The molecule has 0 aliphatic carbocycles. The van der Waals surface area contributed by atoms with E-state index in [0.717, 1.165) is 44.0 Å². The normalized spacial score (nSPS) is 13.6. The fourth-order valence-corrected chi connectivity index (χ4v) is 4.22. The van der Waals surface area contributed by atoms with Crippen molar-refractivity contribution >= 4 is 17.5 Å². The van der Waals surface area contributed by atoms with Crippen LogP contribution in [-0.4, -0.2) is 63.8 Å². The molecule has 2 amide bonds. The van der Waals surface area contributed by atoms with E-state index in [1.807, 2.05) is 42.5 Å². The van der Waals surface area contributed by atoms with E-state index < -0.39 is 0 Å². The van der Waals surface area contributed by atoms with E-state index in [0.29, 0.717) is 41.3 Å². The van der Waals surface area contributed by atoms with Gasteiger partial charge in [-0.25, -0.2) is 0 Å². The largest absolute Gasteiger partial charge is 0.493 e. The lowest BCUT2D eigenvalue weighted by molar-refractivity contribution is 0.0342. The molecule has 3 aromatic rings. The van der Waals surface area contributed by atoms with Gasteiger partial charge in [0.25, 0.3) is 11.8 Å². The summed E-state index contributed by atoms with van der Waals surface area (Å²) >= 11 is 0. The van der Waals surface area contributed by atoms with Crippen LogP contribution in [0.2, 0.25) is 0 Å². The van der Waals surface area contributed by atoms with Gasteiger partial charge in [0, 0.05) is 31.7 Å². The zero-order valence-electron chi connectivity index (χ0n) is 21.3. The molecule has 0 radical (unpaired) electrons. The molecule has 1 fully saturated rings. The highest BCUT2D eigenvalue weighted by Crippen LogP contribution is 2.27. The summed E-state index contributed by atoms with van der Waals surface area (Å²) in [6, 6.07) is 20.2. The summed E-state index contributed by atoms with van der Waals surface area (Å²) in [5.41, 5.74) is 3.57. The highest BCUT2D eigenvalue weighted by molar-refractivity contribution is 6.09. The Morgan fingerprint density at radius 2 is 1.57 bits per heavy atom. The van der Waals surface area contributed by atoms with Gasteiger partial charge in [-0.05, 0) is 53.9 Å². The molecule has 1 heterocycles. The molecule has 4 rings (SSSR count). The van der Waals surface area contributed by atoms with Gasteiger partial charge in [-0.1, -0.05) is 30.3 Å². The number of hydrogen-bond donors (Lipinski definition) is 2. The highest BCUT2D eigenvalue weighted by atomic mass is 16.5. The van der Waals surface area contributed by atoms with Crippen molar-refractivity contribution in [3.05, 3.63) is 89.0 Å². The van der Waals surface area contributed by atoms with E-state index in [9.17, 15) is 9.59 Å². The van der Waals surface area contributed by atoms with Gasteiger partial charge in [0.1, 0.15) is 0 Å². The molecule has 0 unspecified atom stereocenters. The van der Waals surface area contributed by atoms with Crippen molar-refractivity contribution in [2.24, 2.45) is 0 Å². The van der Waals surface area contributed by atoms with Crippen molar-refractivity contribution in [2.75, 3.05) is 52.4 Å². The maximum absolute atomic E-state index is 12.9. The monoisotopic (exact) mass is 503 g/mol. The topological polar surface area (TPSA) is 89.1 Å². The Hall–Kier alpha value is -3.88. The molecule has 3 aromatic carbocycles. The Kier molecular flexibility index (Phi) is 9.13. The summed E-state index contributed by atoms with van der Waals surface area (Å²) in [5, 5.41) is 5.82. The van der Waals surface area contributed by atoms with E-state index in [2.05, 4.69) is 15.5 Å². The van der Waals surface area contributed by atoms with Gasteiger partial charge in [0.2, 0.25) is 0 Å². The van der Waals surface area contributed by atoms with Gasteiger partial charge in [0.05, 0.1) is 38.7 Å². The van der Waals surface area contributed by atoms with Crippen molar-refractivity contribution in [3.8, 4) is 11.5 Å². The molecule has 8 heteroatoms. The molecule has 0 atom stereocenters. The smallest absolute Gasteiger partial charge is 0.255 e. The average Bonchev–Trinajstić information content (AvgIpc) is 2.94. The van der Waals surface area contributed by atoms with Crippen molar-refractivity contribution < 1.29 is 23.8 Å². The van der Waals surface area contributed by atoms with Gasteiger partial charge < -0.3 is 24.8 Å². The maximum Gasteiger partial charge on any atom is 0.255 e. The highest BCUT2D eigenvalue weighted by Gasteiger charge is 2.15. The maximum atomic E-state index is 12.9. The fourth-order valence-electron chi connectivity index (χ4n) is 4.22. The van der Waals surface area contributed by atoms with Crippen molar-refractivity contribution in [1.29, 1.82) is 0 Å². The summed E-state index contributed by atoms with van der Waals surface area (Å²) in [6.45, 7) is 4.59. The average molecular weight is 504 g/mol. The first-order valence-electron chi connectivity index (χ1n) is 12.4. The molecule has 1 aliphatic rings. The minimum Gasteiger partial charge on any atom is -0.493 e. The molecular formula is C29H33N3O5.